The predicted octanol–water partition coefficient (Wildman–Crippen LogP) is 2.88. The minimum absolute atomic E-state index is 0.0122. The molecule has 2 aromatic rings. The largest absolute Gasteiger partial charge is 0.349 e. The van der Waals surface area contributed by atoms with E-state index in [4.69, 9.17) is 0 Å². The van der Waals surface area contributed by atoms with Crippen molar-refractivity contribution in [3.8, 4) is 0 Å². The van der Waals surface area contributed by atoms with E-state index in [1.807, 2.05) is 20.2 Å². The van der Waals surface area contributed by atoms with E-state index in [9.17, 15) is 4.79 Å². The third-order valence-electron chi connectivity index (χ3n) is 4.04. The first kappa shape index (κ1) is 15.2. The predicted molar refractivity (Wildman–Crippen MR) is 89.0 cm³/mol. The topological polar surface area (TPSA) is 46.9 Å². The number of fused-ring (bicyclic) bond motifs is 1. The maximum absolute atomic E-state index is 12.1. The van der Waals surface area contributed by atoms with E-state index in [0.29, 0.717) is 5.75 Å². The fraction of sp³-hybridized carbons (Fsp3) is 0.412. The Morgan fingerprint density at radius 1 is 1.41 bits per heavy atom. The third kappa shape index (κ3) is 3.53. The Bertz CT molecular complexity index is 680. The van der Waals surface area contributed by atoms with Gasteiger partial charge in [0.05, 0.1) is 18.0 Å². The standard InChI is InChI=1S/C17H21N3OS/c1-12(15-9-18-20(2)10-15)19-17(21)11-22-16-7-6-13-4-3-5-14(13)8-16/h6-10,12H,3-5,11H2,1-2H3,(H,19,21)/t12-/m0/s1. The van der Waals surface area contributed by atoms with Crippen molar-refractivity contribution in [2.24, 2.45) is 7.05 Å². The minimum Gasteiger partial charge on any atom is -0.349 e. The van der Waals surface area contributed by atoms with Gasteiger partial charge in [-0.15, -0.1) is 11.8 Å². The Labute approximate surface area is 135 Å². The molecule has 116 valence electrons. The molecule has 0 saturated heterocycles. The lowest BCUT2D eigenvalue weighted by atomic mass is 10.1. The third-order valence-corrected chi connectivity index (χ3v) is 5.04. The molecule has 1 amide bonds. The summed E-state index contributed by atoms with van der Waals surface area (Å²) in [5, 5.41) is 7.15. The second-order valence-electron chi connectivity index (χ2n) is 5.81. The van der Waals surface area contributed by atoms with E-state index in [1.165, 1.54) is 35.3 Å². The summed E-state index contributed by atoms with van der Waals surface area (Å²) in [6.07, 6.45) is 7.35. The Hall–Kier alpha value is -1.75. The van der Waals surface area contributed by atoms with E-state index < -0.39 is 0 Å². The molecule has 3 rings (SSSR count). The van der Waals surface area contributed by atoms with Crippen molar-refractivity contribution in [1.29, 1.82) is 0 Å². The Morgan fingerprint density at radius 2 is 2.23 bits per heavy atom. The molecule has 0 aliphatic heterocycles. The lowest BCUT2D eigenvalue weighted by molar-refractivity contribution is -0.119. The van der Waals surface area contributed by atoms with Crippen LogP contribution in [0, 0.1) is 0 Å². The van der Waals surface area contributed by atoms with E-state index in [0.717, 1.165) is 5.56 Å². The Morgan fingerprint density at radius 3 is 3.00 bits per heavy atom. The molecule has 1 heterocycles. The highest BCUT2D eigenvalue weighted by molar-refractivity contribution is 8.00. The average Bonchev–Trinajstić information content (AvgIpc) is 3.13. The fourth-order valence-electron chi connectivity index (χ4n) is 2.82. The SMILES string of the molecule is C[C@H](NC(=O)CSc1ccc2c(c1)CCC2)c1cnn(C)c1. The van der Waals surface area contributed by atoms with Crippen molar-refractivity contribution in [2.45, 2.75) is 37.1 Å². The van der Waals surface area contributed by atoms with Gasteiger partial charge in [-0.05, 0) is 49.4 Å². The van der Waals surface area contributed by atoms with E-state index in [2.05, 4.69) is 28.6 Å². The molecule has 1 atom stereocenters. The molecular formula is C17H21N3OS. The summed E-state index contributed by atoms with van der Waals surface area (Å²) < 4.78 is 1.75. The van der Waals surface area contributed by atoms with Crippen LogP contribution in [-0.2, 0) is 24.7 Å². The zero-order valence-corrected chi connectivity index (χ0v) is 13.8. The van der Waals surface area contributed by atoms with E-state index in [1.54, 1.807) is 22.6 Å². The highest BCUT2D eigenvalue weighted by Crippen LogP contribution is 2.27. The first-order valence-electron chi connectivity index (χ1n) is 7.64. The van der Waals surface area contributed by atoms with Crippen LogP contribution in [0.5, 0.6) is 0 Å². The zero-order chi connectivity index (χ0) is 15.5. The molecular weight excluding hydrogens is 294 g/mol. The molecule has 1 aliphatic rings. The number of nitrogens with one attached hydrogen (secondary N) is 1. The van der Waals surface area contributed by atoms with Gasteiger partial charge in [-0.2, -0.15) is 5.10 Å². The van der Waals surface area contributed by atoms with Gasteiger partial charge >= 0.3 is 0 Å². The number of rotatable bonds is 5. The van der Waals surface area contributed by atoms with Crippen molar-refractivity contribution in [2.75, 3.05) is 5.75 Å². The lowest BCUT2D eigenvalue weighted by Crippen LogP contribution is -2.27. The normalized spacial score (nSPS) is 14.6. The number of nitrogens with zero attached hydrogens (tertiary/aromatic N) is 2. The van der Waals surface area contributed by atoms with Gasteiger partial charge in [-0.1, -0.05) is 6.07 Å². The summed E-state index contributed by atoms with van der Waals surface area (Å²) in [6.45, 7) is 1.98. The molecule has 22 heavy (non-hydrogen) atoms. The van der Waals surface area contributed by atoms with Gasteiger partial charge in [-0.25, -0.2) is 0 Å². The van der Waals surface area contributed by atoms with Gasteiger partial charge in [0.1, 0.15) is 0 Å². The molecule has 0 fully saturated rings. The van der Waals surface area contributed by atoms with Gasteiger partial charge in [0, 0.05) is 23.7 Å². The second kappa shape index (κ2) is 6.57. The average molecular weight is 315 g/mol. The highest BCUT2D eigenvalue weighted by atomic mass is 32.2. The van der Waals surface area contributed by atoms with Crippen LogP contribution in [0.25, 0.3) is 0 Å². The molecule has 0 spiro atoms. The van der Waals surface area contributed by atoms with E-state index in [-0.39, 0.29) is 11.9 Å². The fourth-order valence-corrected chi connectivity index (χ4v) is 3.59. The van der Waals surface area contributed by atoms with Crippen molar-refractivity contribution < 1.29 is 4.79 Å². The van der Waals surface area contributed by atoms with Crippen LogP contribution in [0.1, 0.15) is 36.1 Å². The van der Waals surface area contributed by atoms with Crippen LogP contribution < -0.4 is 5.32 Å². The molecule has 1 N–H and O–H groups in total. The van der Waals surface area contributed by atoms with Crippen molar-refractivity contribution in [1.82, 2.24) is 15.1 Å². The summed E-state index contributed by atoms with van der Waals surface area (Å²) >= 11 is 1.60. The number of hydrogen-bond acceptors (Lipinski definition) is 3. The van der Waals surface area contributed by atoms with Gasteiger partial charge < -0.3 is 5.32 Å². The lowest BCUT2D eigenvalue weighted by Gasteiger charge is -2.12. The summed E-state index contributed by atoms with van der Waals surface area (Å²) in [5.41, 5.74) is 3.95. The second-order valence-corrected chi connectivity index (χ2v) is 6.86. The first-order valence-corrected chi connectivity index (χ1v) is 8.63. The molecule has 1 aliphatic carbocycles. The van der Waals surface area contributed by atoms with Crippen LogP contribution in [0.2, 0.25) is 0 Å². The number of amides is 1. The quantitative estimate of drug-likeness (QED) is 0.863. The molecule has 4 nitrogen and oxygen atoms in total. The van der Waals surface area contributed by atoms with Crippen LogP contribution in [0.15, 0.2) is 35.5 Å². The van der Waals surface area contributed by atoms with Crippen LogP contribution in [-0.4, -0.2) is 21.4 Å². The van der Waals surface area contributed by atoms with Gasteiger partial charge in [-0.3, -0.25) is 9.48 Å². The maximum atomic E-state index is 12.1. The zero-order valence-electron chi connectivity index (χ0n) is 13.0. The van der Waals surface area contributed by atoms with E-state index >= 15 is 0 Å². The number of aryl methyl sites for hydroxylation is 3. The maximum Gasteiger partial charge on any atom is 0.230 e. The summed E-state index contributed by atoms with van der Waals surface area (Å²) in [7, 11) is 1.88. The molecule has 5 heteroatoms. The number of thioether (sulfide) groups is 1. The number of benzene rings is 1. The molecule has 0 radical (unpaired) electrons. The monoisotopic (exact) mass is 315 g/mol. The first-order chi connectivity index (χ1) is 10.6. The Kier molecular flexibility index (Phi) is 4.52. The highest BCUT2D eigenvalue weighted by Gasteiger charge is 2.13. The summed E-state index contributed by atoms with van der Waals surface area (Å²) in [5.74, 6) is 0.505. The number of hydrogen-bond donors (Lipinski definition) is 1. The number of aromatic nitrogens is 2. The van der Waals surface area contributed by atoms with Crippen molar-refractivity contribution in [3.63, 3.8) is 0 Å². The number of carbonyl (C=O) groups excluding carboxylic acids is 1. The molecule has 0 unspecified atom stereocenters. The number of carbonyl (C=O) groups is 1. The Balaban J connectivity index is 1.52. The van der Waals surface area contributed by atoms with Crippen molar-refractivity contribution >= 4 is 17.7 Å². The molecule has 1 aromatic carbocycles. The summed E-state index contributed by atoms with van der Waals surface area (Å²) in [4.78, 5) is 13.3. The van der Waals surface area contributed by atoms with Gasteiger partial charge in [0.25, 0.3) is 0 Å². The molecule has 0 saturated carbocycles. The molecule has 0 bridgehead atoms. The van der Waals surface area contributed by atoms with Crippen molar-refractivity contribution in [3.05, 3.63) is 47.3 Å². The van der Waals surface area contributed by atoms with Crippen LogP contribution in [0.3, 0.4) is 0 Å². The van der Waals surface area contributed by atoms with Crippen LogP contribution in [0.4, 0.5) is 0 Å². The van der Waals surface area contributed by atoms with Gasteiger partial charge in [0.15, 0.2) is 0 Å². The van der Waals surface area contributed by atoms with Gasteiger partial charge in [0.2, 0.25) is 5.91 Å². The smallest absolute Gasteiger partial charge is 0.230 e. The molecule has 1 aromatic heterocycles. The summed E-state index contributed by atoms with van der Waals surface area (Å²) in [6, 6.07) is 6.57. The minimum atomic E-state index is -0.0122. The van der Waals surface area contributed by atoms with Crippen LogP contribution >= 0.6 is 11.8 Å².